The predicted molar refractivity (Wildman–Crippen MR) is 75.8 cm³/mol. The minimum absolute atomic E-state index is 0.0401. The van der Waals surface area contributed by atoms with Gasteiger partial charge in [0.05, 0.1) is 19.8 Å². The smallest absolute Gasteiger partial charge is 0.251 e. The van der Waals surface area contributed by atoms with E-state index in [9.17, 15) is 4.79 Å². The van der Waals surface area contributed by atoms with E-state index in [1.165, 1.54) is 0 Å². The second-order valence-electron chi connectivity index (χ2n) is 4.52. The van der Waals surface area contributed by atoms with Crippen molar-refractivity contribution >= 4 is 21.8 Å². The third-order valence-corrected chi connectivity index (χ3v) is 3.55. The van der Waals surface area contributed by atoms with Crippen LogP contribution in [0.5, 0.6) is 0 Å². The average molecular weight is 328 g/mol. The number of rotatable bonds is 4. The van der Waals surface area contributed by atoms with Crippen LogP contribution in [-0.2, 0) is 20.9 Å². The minimum atomic E-state index is -0.419. The summed E-state index contributed by atoms with van der Waals surface area (Å²) in [5, 5.41) is 0. The molecule has 0 radical (unpaired) electrons. The maximum absolute atomic E-state index is 12.1. The van der Waals surface area contributed by atoms with Crippen LogP contribution in [0.15, 0.2) is 28.7 Å². The molecule has 1 amide bonds. The zero-order valence-electron chi connectivity index (χ0n) is 11.0. The summed E-state index contributed by atoms with van der Waals surface area (Å²) in [6.07, 6.45) is -0.419. The third kappa shape index (κ3) is 4.30. The summed E-state index contributed by atoms with van der Waals surface area (Å²) < 4.78 is 11.9. The molecule has 0 N–H and O–H groups in total. The quantitative estimate of drug-likeness (QED) is 0.851. The lowest BCUT2D eigenvalue weighted by Gasteiger charge is -2.29. The van der Waals surface area contributed by atoms with Crippen molar-refractivity contribution in [2.75, 3.05) is 26.3 Å². The summed E-state index contributed by atoms with van der Waals surface area (Å²) in [7, 11) is 0. The third-order valence-electron chi connectivity index (χ3n) is 3.06. The van der Waals surface area contributed by atoms with Gasteiger partial charge in [-0.25, -0.2) is 0 Å². The fourth-order valence-corrected chi connectivity index (χ4v) is 2.41. The van der Waals surface area contributed by atoms with E-state index in [4.69, 9.17) is 9.47 Å². The number of ether oxygens (including phenoxy) is 2. The predicted octanol–water partition coefficient (Wildman–Crippen LogP) is 2.21. The second-order valence-corrected chi connectivity index (χ2v) is 5.44. The summed E-state index contributed by atoms with van der Waals surface area (Å²) in [4.78, 5) is 13.9. The van der Waals surface area contributed by atoms with Crippen molar-refractivity contribution < 1.29 is 14.3 Å². The summed E-state index contributed by atoms with van der Waals surface area (Å²) >= 11 is 3.42. The van der Waals surface area contributed by atoms with Crippen LogP contribution in [0.25, 0.3) is 0 Å². The highest BCUT2D eigenvalue weighted by Gasteiger charge is 2.22. The van der Waals surface area contributed by atoms with Crippen molar-refractivity contribution in [1.82, 2.24) is 4.90 Å². The van der Waals surface area contributed by atoms with E-state index >= 15 is 0 Å². The Balaban J connectivity index is 1.83. The van der Waals surface area contributed by atoms with E-state index in [0.717, 1.165) is 10.0 Å². The lowest BCUT2D eigenvalue weighted by atomic mass is 10.2. The van der Waals surface area contributed by atoms with Gasteiger partial charge in [0, 0.05) is 17.6 Å². The van der Waals surface area contributed by atoms with Crippen molar-refractivity contribution in [2.45, 2.75) is 19.6 Å². The molecule has 1 aliphatic rings. The number of nitrogens with zero attached hydrogens (tertiary/aromatic N) is 1. The highest BCUT2D eigenvalue weighted by molar-refractivity contribution is 9.10. The number of hydrogen-bond acceptors (Lipinski definition) is 3. The van der Waals surface area contributed by atoms with Crippen LogP contribution in [0.4, 0.5) is 0 Å². The number of carbonyl (C=O) groups is 1. The molecule has 0 aromatic heterocycles. The molecule has 0 unspecified atom stereocenters. The normalized spacial score (nSPS) is 17.3. The van der Waals surface area contributed by atoms with Crippen molar-refractivity contribution in [2.24, 2.45) is 0 Å². The molecule has 1 aromatic carbocycles. The van der Waals surface area contributed by atoms with Crippen LogP contribution in [-0.4, -0.2) is 43.2 Å². The topological polar surface area (TPSA) is 38.8 Å². The second kappa shape index (κ2) is 7.03. The van der Waals surface area contributed by atoms with Gasteiger partial charge in [0.15, 0.2) is 0 Å². The van der Waals surface area contributed by atoms with Crippen molar-refractivity contribution in [1.29, 1.82) is 0 Å². The largest absolute Gasteiger partial charge is 0.378 e. The zero-order chi connectivity index (χ0) is 13.7. The molecule has 19 heavy (non-hydrogen) atoms. The van der Waals surface area contributed by atoms with Crippen LogP contribution in [0.3, 0.4) is 0 Å². The molecule has 4 nitrogen and oxygen atoms in total. The standard InChI is InChI=1S/C14H18BrNO3/c1-11(14(17)16-5-7-18-8-6-16)19-10-12-3-2-4-13(15)9-12/h2-4,9,11H,5-8,10H2,1H3/t11-/m1/s1. The Morgan fingerprint density at radius 3 is 2.89 bits per heavy atom. The number of benzene rings is 1. The van der Waals surface area contributed by atoms with Gasteiger partial charge in [0.25, 0.3) is 5.91 Å². The zero-order valence-corrected chi connectivity index (χ0v) is 12.6. The molecule has 0 spiro atoms. The molecule has 1 aromatic rings. The van der Waals surface area contributed by atoms with E-state index in [2.05, 4.69) is 15.9 Å². The maximum atomic E-state index is 12.1. The Morgan fingerprint density at radius 1 is 1.47 bits per heavy atom. The molecule has 2 rings (SSSR count). The molecule has 1 fully saturated rings. The Hall–Kier alpha value is -0.910. The Labute approximate surface area is 121 Å². The lowest BCUT2D eigenvalue weighted by Crippen LogP contribution is -2.45. The van der Waals surface area contributed by atoms with Gasteiger partial charge in [-0.05, 0) is 24.6 Å². The molecule has 5 heteroatoms. The molecule has 0 saturated carbocycles. The highest BCUT2D eigenvalue weighted by Crippen LogP contribution is 2.13. The fourth-order valence-electron chi connectivity index (χ4n) is 1.96. The van der Waals surface area contributed by atoms with Crippen LogP contribution < -0.4 is 0 Å². The molecule has 1 saturated heterocycles. The van der Waals surface area contributed by atoms with Gasteiger partial charge in [-0.15, -0.1) is 0 Å². The van der Waals surface area contributed by atoms with Gasteiger partial charge in [-0.2, -0.15) is 0 Å². The van der Waals surface area contributed by atoms with Crippen LogP contribution >= 0.6 is 15.9 Å². The number of halogens is 1. The van der Waals surface area contributed by atoms with Crippen molar-refractivity contribution in [3.05, 3.63) is 34.3 Å². The SMILES string of the molecule is C[C@@H](OCc1cccc(Br)c1)C(=O)N1CCOCC1. The molecule has 1 aliphatic heterocycles. The van der Waals surface area contributed by atoms with E-state index in [0.29, 0.717) is 32.9 Å². The maximum Gasteiger partial charge on any atom is 0.251 e. The van der Waals surface area contributed by atoms with Crippen LogP contribution in [0, 0.1) is 0 Å². The van der Waals surface area contributed by atoms with Gasteiger partial charge >= 0.3 is 0 Å². The molecular formula is C14H18BrNO3. The fraction of sp³-hybridized carbons (Fsp3) is 0.500. The number of carbonyl (C=O) groups excluding carboxylic acids is 1. The first-order valence-corrected chi connectivity index (χ1v) is 7.18. The van der Waals surface area contributed by atoms with Crippen molar-refractivity contribution in [3.63, 3.8) is 0 Å². The molecule has 0 bridgehead atoms. The first kappa shape index (κ1) is 14.5. The van der Waals surface area contributed by atoms with Gasteiger partial charge in [-0.1, -0.05) is 28.1 Å². The van der Waals surface area contributed by atoms with Gasteiger partial charge < -0.3 is 14.4 Å². The van der Waals surface area contributed by atoms with E-state index in [1.807, 2.05) is 24.3 Å². The van der Waals surface area contributed by atoms with Gasteiger partial charge in [0.1, 0.15) is 6.10 Å². The van der Waals surface area contributed by atoms with Gasteiger partial charge in [-0.3, -0.25) is 4.79 Å². The van der Waals surface area contributed by atoms with Crippen LogP contribution in [0.1, 0.15) is 12.5 Å². The first-order valence-electron chi connectivity index (χ1n) is 6.39. The summed E-state index contributed by atoms with van der Waals surface area (Å²) in [6.45, 7) is 4.79. The van der Waals surface area contributed by atoms with Gasteiger partial charge in [0.2, 0.25) is 0 Å². The van der Waals surface area contributed by atoms with Crippen molar-refractivity contribution in [3.8, 4) is 0 Å². The Bertz CT molecular complexity index is 432. The van der Waals surface area contributed by atoms with E-state index in [1.54, 1.807) is 11.8 Å². The van der Waals surface area contributed by atoms with E-state index < -0.39 is 6.10 Å². The molecule has 1 atom stereocenters. The first-order chi connectivity index (χ1) is 9.16. The Morgan fingerprint density at radius 2 is 2.21 bits per heavy atom. The monoisotopic (exact) mass is 327 g/mol. The number of morpholine rings is 1. The highest BCUT2D eigenvalue weighted by atomic mass is 79.9. The molecule has 1 heterocycles. The summed E-state index contributed by atoms with van der Waals surface area (Å²) in [5.41, 5.74) is 1.05. The summed E-state index contributed by atoms with van der Waals surface area (Å²) in [5.74, 6) is 0.0401. The van der Waals surface area contributed by atoms with E-state index in [-0.39, 0.29) is 5.91 Å². The van der Waals surface area contributed by atoms with Crippen LogP contribution in [0.2, 0.25) is 0 Å². The number of amides is 1. The Kier molecular flexibility index (Phi) is 5.36. The summed E-state index contributed by atoms with van der Waals surface area (Å²) in [6, 6.07) is 7.89. The molecular weight excluding hydrogens is 310 g/mol. The lowest BCUT2D eigenvalue weighted by molar-refractivity contribution is -0.147. The molecule has 0 aliphatic carbocycles. The number of hydrogen-bond donors (Lipinski definition) is 0. The molecule has 104 valence electrons. The minimum Gasteiger partial charge on any atom is -0.378 e. The average Bonchev–Trinajstić information content (AvgIpc) is 2.45.